The number of carbonyl (C=O) groups is 1. The van der Waals surface area contributed by atoms with Crippen molar-refractivity contribution in [3.8, 4) is 0 Å². The van der Waals surface area contributed by atoms with E-state index in [2.05, 4.69) is 17.6 Å². The third-order valence-electron chi connectivity index (χ3n) is 4.05. The fourth-order valence-electron chi connectivity index (χ4n) is 3.03. The number of benzene rings is 1. The molecule has 0 aliphatic carbocycles. The van der Waals surface area contributed by atoms with Crippen molar-refractivity contribution < 1.29 is 13.6 Å². The van der Waals surface area contributed by atoms with Gasteiger partial charge in [-0.05, 0) is 37.5 Å². The van der Waals surface area contributed by atoms with Gasteiger partial charge in [-0.1, -0.05) is 44.2 Å². The molecule has 1 aliphatic rings. The first-order chi connectivity index (χ1) is 12.8. The van der Waals surface area contributed by atoms with Crippen LogP contribution in [-0.2, 0) is 4.79 Å². The summed E-state index contributed by atoms with van der Waals surface area (Å²) in [4.78, 5) is 12.2. The van der Waals surface area contributed by atoms with Crippen LogP contribution in [0, 0.1) is 0 Å². The van der Waals surface area contributed by atoms with Gasteiger partial charge < -0.3 is 8.83 Å². The predicted octanol–water partition coefficient (Wildman–Crippen LogP) is 4.77. The molecule has 1 amide bonds. The Morgan fingerprint density at radius 1 is 0.962 bits per heavy atom. The first kappa shape index (κ1) is 18.4. The first-order valence-corrected chi connectivity index (χ1v) is 10.2. The van der Waals surface area contributed by atoms with Gasteiger partial charge in [-0.2, -0.15) is 0 Å². The second kappa shape index (κ2) is 8.35. The third-order valence-corrected chi connectivity index (χ3v) is 6.88. The van der Waals surface area contributed by atoms with Gasteiger partial charge >= 0.3 is 0 Å². The van der Waals surface area contributed by atoms with E-state index in [0.29, 0.717) is 0 Å². The summed E-state index contributed by atoms with van der Waals surface area (Å²) >= 11 is 0. The number of amides is 1. The fourth-order valence-corrected chi connectivity index (χ4v) is 5.98. The van der Waals surface area contributed by atoms with Crippen molar-refractivity contribution >= 4 is 19.1 Å². The molecule has 1 fully saturated rings. The standard InChI is InChI=1S/C18H17N2O3P.C2H6/c1-13(21)20-18(16-10-6-12-23-16)24(14-7-3-2-4-8-14)17(19-20)15-9-5-11-22-15;1-2/h2-12,17-19H,1H3;1-2H3/t17-,18?,24?;/m0./s1. The van der Waals surface area contributed by atoms with Gasteiger partial charge in [-0.3, -0.25) is 9.80 Å². The molecule has 6 heteroatoms. The zero-order valence-electron chi connectivity index (χ0n) is 15.1. The van der Waals surface area contributed by atoms with Gasteiger partial charge in [0.1, 0.15) is 23.1 Å². The van der Waals surface area contributed by atoms with E-state index >= 15 is 0 Å². The smallest absolute Gasteiger partial charge is 0.234 e. The Balaban J connectivity index is 0.000000948. The molecule has 3 aromatic rings. The maximum atomic E-state index is 12.2. The SMILES string of the molecule is CC.CC(=O)N1N[C@H](c2ccco2)P(c2ccccc2)C1c1ccco1. The van der Waals surface area contributed by atoms with Crippen LogP contribution in [0.1, 0.15) is 43.9 Å². The minimum absolute atomic E-state index is 0.0473. The minimum Gasteiger partial charge on any atom is -0.467 e. The number of hydrazine groups is 1. The molecule has 3 atom stereocenters. The summed E-state index contributed by atoms with van der Waals surface area (Å²) in [6.07, 6.45) is 3.31. The summed E-state index contributed by atoms with van der Waals surface area (Å²) < 4.78 is 11.3. The molecule has 136 valence electrons. The maximum Gasteiger partial charge on any atom is 0.234 e. The van der Waals surface area contributed by atoms with Gasteiger partial charge in [0.2, 0.25) is 5.91 Å². The lowest BCUT2D eigenvalue weighted by Crippen LogP contribution is -2.37. The van der Waals surface area contributed by atoms with Gasteiger partial charge in [0, 0.05) is 6.92 Å². The zero-order valence-corrected chi connectivity index (χ0v) is 16.0. The van der Waals surface area contributed by atoms with Crippen LogP contribution in [-0.4, -0.2) is 10.9 Å². The topological polar surface area (TPSA) is 58.6 Å². The van der Waals surface area contributed by atoms with Crippen molar-refractivity contribution in [1.82, 2.24) is 10.4 Å². The minimum atomic E-state index is -0.833. The number of furan rings is 2. The van der Waals surface area contributed by atoms with E-state index in [4.69, 9.17) is 8.83 Å². The Morgan fingerprint density at radius 2 is 1.58 bits per heavy atom. The highest BCUT2D eigenvalue weighted by Crippen LogP contribution is 2.64. The predicted molar refractivity (Wildman–Crippen MR) is 103 cm³/mol. The summed E-state index contributed by atoms with van der Waals surface area (Å²) in [7, 11) is -0.833. The molecular formula is C20H23N2O3P. The quantitative estimate of drug-likeness (QED) is 0.675. The molecular weight excluding hydrogens is 347 g/mol. The van der Waals surface area contributed by atoms with E-state index in [1.807, 2.05) is 56.3 Å². The number of hydrogen-bond acceptors (Lipinski definition) is 4. The lowest BCUT2D eigenvalue weighted by atomic mass is 10.4. The number of hydrogen-bond donors (Lipinski definition) is 1. The lowest BCUT2D eigenvalue weighted by Gasteiger charge is -2.24. The number of nitrogens with one attached hydrogen (secondary N) is 1. The molecule has 0 radical (unpaired) electrons. The summed E-state index contributed by atoms with van der Waals surface area (Å²) in [6, 6.07) is 17.8. The Bertz CT molecular complexity index is 803. The molecule has 26 heavy (non-hydrogen) atoms. The van der Waals surface area contributed by atoms with E-state index in [-0.39, 0.29) is 17.5 Å². The lowest BCUT2D eigenvalue weighted by molar-refractivity contribution is -0.132. The highest BCUT2D eigenvalue weighted by atomic mass is 31.1. The van der Waals surface area contributed by atoms with E-state index in [1.54, 1.807) is 24.5 Å². The average Bonchev–Trinajstić information content (AvgIpc) is 3.42. The van der Waals surface area contributed by atoms with E-state index in [0.717, 1.165) is 11.5 Å². The summed E-state index contributed by atoms with van der Waals surface area (Å²) in [6.45, 7) is 5.56. The van der Waals surface area contributed by atoms with Gasteiger partial charge in [-0.25, -0.2) is 5.43 Å². The molecule has 5 nitrogen and oxygen atoms in total. The Labute approximate surface area is 154 Å². The van der Waals surface area contributed by atoms with Crippen molar-refractivity contribution in [2.45, 2.75) is 32.3 Å². The molecule has 4 rings (SSSR count). The van der Waals surface area contributed by atoms with Crippen molar-refractivity contribution in [2.24, 2.45) is 0 Å². The fraction of sp³-hybridized carbons (Fsp3) is 0.250. The van der Waals surface area contributed by atoms with Crippen LogP contribution in [0.2, 0.25) is 0 Å². The van der Waals surface area contributed by atoms with Crippen LogP contribution >= 0.6 is 7.92 Å². The van der Waals surface area contributed by atoms with Gasteiger partial charge in [0.15, 0.2) is 0 Å². The van der Waals surface area contributed by atoms with Crippen molar-refractivity contribution in [1.29, 1.82) is 0 Å². The van der Waals surface area contributed by atoms with Crippen LogP contribution in [0.3, 0.4) is 0 Å². The third kappa shape index (κ3) is 3.46. The van der Waals surface area contributed by atoms with Crippen LogP contribution in [0.5, 0.6) is 0 Å². The van der Waals surface area contributed by atoms with E-state index < -0.39 is 7.92 Å². The van der Waals surface area contributed by atoms with Crippen molar-refractivity contribution in [2.75, 3.05) is 0 Å². The average molecular weight is 370 g/mol. The maximum absolute atomic E-state index is 12.2. The molecule has 2 unspecified atom stereocenters. The Hall–Kier alpha value is -2.36. The summed E-state index contributed by atoms with van der Waals surface area (Å²) in [5.41, 5.74) is 3.34. The van der Waals surface area contributed by atoms with Crippen LogP contribution in [0.4, 0.5) is 0 Å². The summed E-state index contributed by atoms with van der Waals surface area (Å²) in [5.74, 6) is 1.29. The van der Waals surface area contributed by atoms with E-state index in [9.17, 15) is 4.79 Å². The van der Waals surface area contributed by atoms with Crippen LogP contribution < -0.4 is 10.7 Å². The molecule has 3 heterocycles. The first-order valence-electron chi connectivity index (χ1n) is 8.72. The summed E-state index contributed by atoms with van der Waals surface area (Å²) in [5, 5.41) is 2.86. The van der Waals surface area contributed by atoms with Gasteiger partial charge in [0.05, 0.1) is 12.5 Å². The van der Waals surface area contributed by atoms with Crippen LogP contribution in [0.25, 0.3) is 0 Å². The Kier molecular flexibility index (Phi) is 5.92. The molecule has 1 aliphatic heterocycles. The van der Waals surface area contributed by atoms with Crippen molar-refractivity contribution in [3.05, 3.63) is 78.6 Å². The largest absolute Gasteiger partial charge is 0.467 e. The number of rotatable bonds is 3. The molecule has 1 aromatic carbocycles. The second-order valence-corrected chi connectivity index (χ2v) is 7.90. The van der Waals surface area contributed by atoms with Gasteiger partial charge in [0.25, 0.3) is 0 Å². The van der Waals surface area contributed by atoms with Gasteiger partial charge in [-0.15, -0.1) is 0 Å². The van der Waals surface area contributed by atoms with E-state index in [1.165, 1.54) is 5.30 Å². The molecule has 0 bridgehead atoms. The zero-order chi connectivity index (χ0) is 18.5. The molecule has 0 saturated carbocycles. The highest BCUT2D eigenvalue weighted by Gasteiger charge is 2.47. The molecule has 0 spiro atoms. The normalized spacial score (nSPS) is 22.0. The number of carbonyl (C=O) groups excluding carboxylic acids is 1. The molecule has 1 saturated heterocycles. The Morgan fingerprint density at radius 3 is 2.12 bits per heavy atom. The van der Waals surface area contributed by atoms with Crippen molar-refractivity contribution in [3.63, 3.8) is 0 Å². The molecule has 1 N–H and O–H groups in total. The van der Waals surface area contributed by atoms with Crippen LogP contribution in [0.15, 0.2) is 76.0 Å². The molecule has 2 aromatic heterocycles. The monoisotopic (exact) mass is 370 g/mol. The number of nitrogens with zero attached hydrogens (tertiary/aromatic N) is 1. The second-order valence-electron chi connectivity index (χ2n) is 5.57. The highest BCUT2D eigenvalue weighted by molar-refractivity contribution is 7.66.